The first-order chi connectivity index (χ1) is 14.7. The van der Waals surface area contributed by atoms with Gasteiger partial charge in [-0.2, -0.15) is 0 Å². The highest BCUT2D eigenvalue weighted by Crippen LogP contribution is 2.47. The SMILES string of the molecule is Cc1cc(C)c(C)c([C@@H]2c3c(n(C)c(=O)n(C)c3=O)N=C3c4ccccc4C(=O)[C@H]32)c1. The maximum absolute atomic E-state index is 13.6. The van der Waals surface area contributed by atoms with Crippen LogP contribution in [0, 0.1) is 26.7 Å². The van der Waals surface area contributed by atoms with Crippen molar-refractivity contribution in [1.29, 1.82) is 0 Å². The molecule has 5 rings (SSSR count). The van der Waals surface area contributed by atoms with Crippen molar-refractivity contribution in [1.82, 2.24) is 9.13 Å². The van der Waals surface area contributed by atoms with Crippen LogP contribution >= 0.6 is 0 Å². The Morgan fingerprint density at radius 1 is 0.871 bits per heavy atom. The highest BCUT2D eigenvalue weighted by molar-refractivity contribution is 6.30. The molecule has 1 aliphatic heterocycles. The molecule has 1 aromatic heterocycles. The van der Waals surface area contributed by atoms with Gasteiger partial charge in [0.1, 0.15) is 5.82 Å². The third-order valence-corrected chi connectivity index (χ3v) is 6.77. The van der Waals surface area contributed by atoms with Crippen molar-refractivity contribution < 1.29 is 4.79 Å². The van der Waals surface area contributed by atoms with Crippen molar-refractivity contribution >= 4 is 17.3 Å². The van der Waals surface area contributed by atoms with Crippen molar-refractivity contribution in [3.05, 3.63) is 96.2 Å². The molecule has 0 N–H and O–H groups in total. The Kier molecular flexibility index (Phi) is 4.06. The van der Waals surface area contributed by atoms with Gasteiger partial charge in [-0.15, -0.1) is 0 Å². The molecule has 6 nitrogen and oxygen atoms in total. The molecular formula is C25H23N3O3. The van der Waals surface area contributed by atoms with Crippen LogP contribution in [0.15, 0.2) is 51.0 Å². The van der Waals surface area contributed by atoms with E-state index in [1.54, 1.807) is 7.05 Å². The number of Topliss-reactive ketones (excluding diaryl/α,β-unsaturated/α-hetero) is 1. The molecule has 0 saturated heterocycles. The normalized spacial score (nSPS) is 19.0. The van der Waals surface area contributed by atoms with Gasteiger partial charge in [0.05, 0.1) is 17.2 Å². The fourth-order valence-electron chi connectivity index (χ4n) is 5.10. The molecule has 3 aromatic rings. The molecule has 0 saturated carbocycles. The summed E-state index contributed by atoms with van der Waals surface area (Å²) in [5.41, 5.74) is 5.77. The lowest BCUT2D eigenvalue weighted by Crippen LogP contribution is -2.43. The van der Waals surface area contributed by atoms with Crippen LogP contribution in [0.2, 0.25) is 0 Å². The minimum atomic E-state index is -0.588. The molecule has 0 amide bonds. The van der Waals surface area contributed by atoms with E-state index < -0.39 is 23.1 Å². The lowest BCUT2D eigenvalue weighted by molar-refractivity contribution is 0.0953. The maximum Gasteiger partial charge on any atom is 0.332 e. The summed E-state index contributed by atoms with van der Waals surface area (Å²) in [5, 5.41) is 0. The lowest BCUT2D eigenvalue weighted by Gasteiger charge is -2.31. The summed E-state index contributed by atoms with van der Waals surface area (Å²) in [6.45, 7) is 6.07. The number of carbonyl (C=O) groups is 1. The van der Waals surface area contributed by atoms with Crippen LogP contribution in [0.4, 0.5) is 5.82 Å². The van der Waals surface area contributed by atoms with Crippen LogP contribution in [0.5, 0.6) is 0 Å². The van der Waals surface area contributed by atoms with Gasteiger partial charge >= 0.3 is 5.69 Å². The van der Waals surface area contributed by atoms with Gasteiger partial charge in [-0.05, 0) is 37.5 Å². The lowest BCUT2D eigenvalue weighted by atomic mass is 9.74. The van der Waals surface area contributed by atoms with Gasteiger partial charge in [0.2, 0.25) is 0 Å². The van der Waals surface area contributed by atoms with E-state index in [0.29, 0.717) is 22.7 Å². The van der Waals surface area contributed by atoms with Gasteiger partial charge in [-0.3, -0.25) is 18.7 Å². The van der Waals surface area contributed by atoms with E-state index in [4.69, 9.17) is 4.99 Å². The summed E-state index contributed by atoms with van der Waals surface area (Å²) in [5.74, 6) is -0.784. The van der Waals surface area contributed by atoms with Crippen LogP contribution in [-0.2, 0) is 14.1 Å². The fraction of sp³-hybridized carbons (Fsp3) is 0.280. The number of fused-ring (bicyclic) bond motifs is 4. The molecule has 0 unspecified atom stereocenters. The van der Waals surface area contributed by atoms with E-state index in [9.17, 15) is 14.4 Å². The number of benzene rings is 2. The number of aryl methyl sites for hydroxylation is 2. The third-order valence-electron chi connectivity index (χ3n) is 6.77. The standard InChI is InChI=1S/C25H23N3O3/c1-12-10-13(2)14(3)17(11-12)18-19-21(15-8-6-7-9-16(15)22(19)29)26-23-20(18)24(30)28(5)25(31)27(23)4/h6-11,18-19H,1-5H3/t18-,19-/m0/s1. The van der Waals surface area contributed by atoms with Crippen molar-refractivity contribution in [3.8, 4) is 0 Å². The van der Waals surface area contributed by atoms with Crippen LogP contribution in [-0.4, -0.2) is 20.6 Å². The van der Waals surface area contributed by atoms with Crippen LogP contribution in [0.3, 0.4) is 0 Å². The monoisotopic (exact) mass is 413 g/mol. The van der Waals surface area contributed by atoms with Gasteiger partial charge in [0, 0.05) is 31.1 Å². The Morgan fingerprint density at radius 3 is 2.26 bits per heavy atom. The number of carbonyl (C=O) groups excluding carboxylic acids is 1. The first kappa shape index (κ1) is 19.4. The molecule has 2 atom stereocenters. The molecular weight excluding hydrogens is 390 g/mol. The largest absolute Gasteiger partial charge is 0.332 e. The summed E-state index contributed by atoms with van der Waals surface area (Å²) < 4.78 is 2.52. The zero-order chi connectivity index (χ0) is 22.2. The van der Waals surface area contributed by atoms with Gasteiger partial charge < -0.3 is 0 Å². The van der Waals surface area contributed by atoms with E-state index in [-0.39, 0.29) is 5.78 Å². The van der Waals surface area contributed by atoms with E-state index in [1.807, 2.05) is 45.0 Å². The number of nitrogens with zero attached hydrogens (tertiary/aromatic N) is 3. The molecule has 6 heteroatoms. The van der Waals surface area contributed by atoms with Crippen molar-refractivity contribution in [3.63, 3.8) is 0 Å². The number of hydrogen-bond donors (Lipinski definition) is 0. The number of aromatic nitrogens is 2. The molecule has 2 heterocycles. The van der Waals surface area contributed by atoms with Crippen molar-refractivity contribution in [2.75, 3.05) is 0 Å². The minimum Gasteiger partial charge on any atom is -0.293 e. The minimum absolute atomic E-state index is 0.0283. The summed E-state index contributed by atoms with van der Waals surface area (Å²) >= 11 is 0. The first-order valence-electron chi connectivity index (χ1n) is 10.3. The molecule has 1 aliphatic carbocycles. The van der Waals surface area contributed by atoms with Gasteiger partial charge in [-0.1, -0.05) is 42.0 Å². The zero-order valence-electron chi connectivity index (χ0n) is 18.2. The van der Waals surface area contributed by atoms with Crippen molar-refractivity contribution in [2.24, 2.45) is 25.0 Å². The van der Waals surface area contributed by atoms with Crippen molar-refractivity contribution in [2.45, 2.75) is 26.7 Å². The van der Waals surface area contributed by atoms with Gasteiger partial charge in [0.25, 0.3) is 5.56 Å². The quantitative estimate of drug-likeness (QED) is 0.615. The van der Waals surface area contributed by atoms with Gasteiger partial charge in [-0.25, -0.2) is 9.79 Å². The molecule has 2 aromatic carbocycles. The Hall–Kier alpha value is -3.54. The van der Waals surface area contributed by atoms with Crippen LogP contribution in [0.1, 0.15) is 49.7 Å². The van der Waals surface area contributed by atoms with E-state index in [1.165, 1.54) is 11.6 Å². The van der Waals surface area contributed by atoms with E-state index >= 15 is 0 Å². The summed E-state index contributed by atoms with van der Waals surface area (Å²) in [7, 11) is 3.10. The van der Waals surface area contributed by atoms with E-state index in [0.717, 1.165) is 32.4 Å². The Balaban J connectivity index is 1.95. The average Bonchev–Trinajstić information content (AvgIpc) is 3.04. The first-order valence-corrected chi connectivity index (χ1v) is 10.3. The molecule has 0 spiro atoms. The maximum atomic E-state index is 13.6. The van der Waals surface area contributed by atoms with Crippen LogP contribution < -0.4 is 11.2 Å². The smallest absolute Gasteiger partial charge is 0.293 e. The van der Waals surface area contributed by atoms with Crippen LogP contribution in [0.25, 0.3) is 0 Å². The molecule has 2 aliphatic rings. The fourth-order valence-corrected chi connectivity index (χ4v) is 5.10. The Morgan fingerprint density at radius 2 is 1.55 bits per heavy atom. The zero-order valence-corrected chi connectivity index (χ0v) is 18.2. The summed E-state index contributed by atoms with van der Waals surface area (Å²) in [4.78, 5) is 44.4. The molecule has 156 valence electrons. The molecule has 31 heavy (non-hydrogen) atoms. The Bertz CT molecular complexity index is 1460. The summed E-state index contributed by atoms with van der Waals surface area (Å²) in [6.07, 6.45) is 0. The Labute approximate surface area is 179 Å². The van der Waals surface area contributed by atoms with Gasteiger partial charge in [0.15, 0.2) is 5.78 Å². The topological polar surface area (TPSA) is 73.4 Å². The second-order valence-electron chi connectivity index (χ2n) is 8.60. The van der Waals surface area contributed by atoms with E-state index in [2.05, 4.69) is 12.1 Å². The third kappa shape index (κ3) is 2.51. The second kappa shape index (κ2) is 6.48. The molecule has 0 fully saturated rings. The summed E-state index contributed by atoms with van der Waals surface area (Å²) in [6, 6.07) is 11.6. The predicted molar refractivity (Wildman–Crippen MR) is 120 cm³/mol. The number of aliphatic imine (C=N–C) groups is 1. The predicted octanol–water partition coefficient (Wildman–Crippen LogP) is 3.09. The molecule has 0 radical (unpaired) electrons. The second-order valence-corrected chi connectivity index (χ2v) is 8.60. The highest BCUT2D eigenvalue weighted by atomic mass is 16.2. The number of rotatable bonds is 1. The highest BCUT2D eigenvalue weighted by Gasteiger charge is 2.48. The average molecular weight is 413 g/mol. The molecule has 0 bridgehead atoms. The number of ketones is 1. The number of hydrogen-bond acceptors (Lipinski definition) is 4.